The molecule has 1 fully saturated rings. The molecule has 0 aliphatic carbocycles. The minimum Gasteiger partial charge on any atom is -0.484 e. The highest BCUT2D eigenvalue weighted by atomic mass is 32.2. The zero-order valence-corrected chi connectivity index (χ0v) is 18.2. The molecule has 2 heterocycles. The number of rotatable bonds is 8. The van der Waals surface area contributed by atoms with E-state index in [0.717, 1.165) is 37.6 Å². The van der Waals surface area contributed by atoms with Crippen molar-refractivity contribution >= 4 is 29.0 Å². The van der Waals surface area contributed by atoms with Gasteiger partial charge in [0.1, 0.15) is 5.75 Å². The van der Waals surface area contributed by atoms with Crippen LogP contribution >= 0.6 is 11.8 Å². The lowest BCUT2D eigenvalue weighted by Crippen LogP contribution is -2.44. The summed E-state index contributed by atoms with van der Waals surface area (Å²) in [7, 11) is 2.14. The Hall–Kier alpha value is -3.04. The molecule has 1 saturated heterocycles. The number of thioether (sulfide) groups is 1. The number of carbonyl (C=O) groups excluding carboxylic acids is 1. The summed E-state index contributed by atoms with van der Waals surface area (Å²) in [6.45, 7) is 4.34. The number of para-hydroxylation sites is 1. The number of amides is 1. The Bertz CT molecular complexity index is 972. The van der Waals surface area contributed by atoms with Gasteiger partial charge in [-0.1, -0.05) is 30.0 Å². The van der Waals surface area contributed by atoms with E-state index in [1.54, 1.807) is 0 Å². The Morgan fingerprint density at radius 3 is 2.55 bits per heavy atom. The first-order valence-corrected chi connectivity index (χ1v) is 11.1. The minimum absolute atomic E-state index is 0.127. The molecule has 1 aromatic heterocycles. The molecule has 0 radical (unpaired) electrons. The molecular weight excluding hydrogens is 414 g/mol. The molecule has 1 amide bonds. The maximum Gasteiger partial charge on any atom is 0.277 e. The molecule has 162 valence electrons. The first-order valence-electron chi connectivity index (χ1n) is 10.1. The zero-order valence-electron chi connectivity index (χ0n) is 17.4. The van der Waals surface area contributed by atoms with Gasteiger partial charge in [-0.05, 0) is 43.4 Å². The molecule has 1 N–H and O–H groups in total. The molecule has 0 unspecified atom stereocenters. The number of aromatic nitrogens is 2. The van der Waals surface area contributed by atoms with Crippen molar-refractivity contribution in [2.75, 3.05) is 49.2 Å². The fraction of sp³-hybridized carbons (Fsp3) is 0.318. The van der Waals surface area contributed by atoms with Crippen LogP contribution < -0.4 is 15.0 Å². The number of carbonyl (C=O) groups is 1. The third kappa shape index (κ3) is 6.22. The topological polar surface area (TPSA) is 83.7 Å². The third-order valence-electron chi connectivity index (χ3n) is 4.90. The molecule has 8 nitrogen and oxygen atoms in total. The lowest BCUT2D eigenvalue weighted by Gasteiger charge is -2.34. The Morgan fingerprint density at radius 2 is 1.81 bits per heavy atom. The second-order valence-corrected chi connectivity index (χ2v) is 8.16. The predicted octanol–water partition coefficient (Wildman–Crippen LogP) is 3.13. The first kappa shape index (κ1) is 21.2. The van der Waals surface area contributed by atoms with Crippen molar-refractivity contribution in [1.82, 2.24) is 15.1 Å². The van der Waals surface area contributed by atoms with Gasteiger partial charge in [0, 0.05) is 37.6 Å². The molecule has 1 aliphatic heterocycles. The van der Waals surface area contributed by atoms with Gasteiger partial charge in [0.2, 0.25) is 5.91 Å². The van der Waals surface area contributed by atoms with Crippen LogP contribution in [0.5, 0.6) is 5.75 Å². The third-order valence-corrected chi connectivity index (χ3v) is 5.72. The van der Waals surface area contributed by atoms with Gasteiger partial charge in [0.15, 0.2) is 6.61 Å². The lowest BCUT2D eigenvalue weighted by molar-refractivity contribution is -0.113. The SMILES string of the molecule is CN1CCN(c2ccc(NC(=O)CSc3nnc(COc4ccccc4)o3)cc2)CC1. The molecule has 2 aromatic carbocycles. The predicted molar refractivity (Wildman–Crippen MR) is 121 cm³/mol. The number of benzene rings is 2. The number of nitrogens with one attached hydrogen (secondary N) is 1. The van der Waals surface area contributed by atoms with E-state index in [0.29, 0.717) is 11.1 Å². The molecule has 1 aliphatic rings. The molecule has 0 saturated carbocycles. The fourth-order valence-electron chi connectivity index (χ4n) is 3.16. The number of ether oxygens (including phenoxy) is 1. The summed E-state index contributed by atoms with van der Waals surface area (Å²) in [5.74, 6) is 1.15. The Labute approximate surface area is 185 Å². The van der Waals surface area contributed by atoms with Crippen LogP contribution in [0.3, 0.4) is 0 Å². The summed E-state index contributed by atoms with van der Waals surface area (Å²) < 4.78 is 11.1. The van der Waals surface area contributed by atoms with Crippen LogP contribution in [0.25, 0.3) is 0 Å². The Kier molecular flexibility index (Phi) is 7.06. The monoisotopic (exact) mass is 439 g/mol. The smallest absolute Gasteiger partial charge is 0.277 e. The van der Waals surface area contributed by atoms with E-state index in [9.17, 15) is 4.79 Å². The molecule has 0 spiro atoms. The van der Waals surface area contributed by atoms with Crippen LogP contribution in [0.15, 0.2) is 64.2 Å². The van der Waals surface area contributed by atoms with Gasteiger partial charge in [-0.2, -0.15) is 0 Å². The fourth-order valence-corrected chi connectivity index (χ4v) is 3.74. The number of hydrogen-bond donors (Lipinski definition) is 1. The van der Waals surface area contributed by atoms with Crippen molar-refractivity contribution in [3.63, 3.8) is 0 Å². The summed E-state index contributed by atoms with van der Waals surface area (Å²) in [4.78, 5) is 16.9. The highest BCUT2D eigenvalue weighted by Crippen LogP contribution is 2.21. The van der Waals surface area contributed by atoms with E-state index >= 15 is 0 Å². The molecule has 0 bridgehead atoms. The molecule has 4 rings (SSSR count). The molecular formula is C22H25N5O3S. The maximum absolute atomic E-state index is 12.3. The average molecular weight is 440 g/mol. The summed E-state index contributed by atoms with van der Waals surface area (Å²) in [6.07, 6.45) is 0. The Balaban J connectivity index is 1.21. The van der Waals surface area contributed by atoms with E-state index in [4.69, 9.17) is 9.15 Å². The summed E-state index contributed by atoms with van der Waals surface area (Å²) in [5, 5.41) is 11.1. The van der Waals surface area contributed by atoms with Crippen molar-refractivity contribution < 1.29 is 13.9 Å². The van der Waals surface area contributed by atoms with Gasteiger partial charge in [0.25, 0.3) is 11.1 Å². The van der Waals surface area contributed by atoms with Crippen molar-refractivity contribution in [2.45, 2.75) is 11.8 Å². The quantitative estimate of drug-likeness (QED) is 0.536. The van der Waals surface area contributed by atoms with E-state index < -0.39 is 0 Å². The van der Waals surface area contributed by atoms with Crippen LogP contribution in [0.1, 0.15) is 5.89 Å². The van der Waals surface area contributed by atoms with Crippen LogP contribution in [0.2, 0.25) is 0 Å². The van der Waals surface area contributed by atoms with Gasteiger partial charge in [-0.15, -0.1) is 10.2 Å². The summed E-state index contributed by atoms with van der Waals surface area (Å²) >= 11 is 1.20. The van der Waals surface area contributed by atoms with E-state index in [1.165, 1.54) is 17.4 Å². The van der Waals surface area contributed by atoms with E-state index in [-0.39, 0.29) is 18.3 Å². The number of piperazine rings is 1. The van der Waals surface area contributed by atoms with Gasteiger partial charge >= 0.3 is 0 Å². The maximum atomic E-state index is 12.3. The van der Waals surface area contributed by atoms with Crippen molar-refractivity contribution in [1.29, 1.82) is 0 Å². The standard InChI is InChI=1S/C22H25N5O3S/c1-26-11-13-27(14-12-26)18-9-7-17(8-10-18)23-20(28)16-31-22-25-24-21(30-22)15-29-19-5-3-2-4-6-19/h2-10H,11-16H2,1H3,(H,23,28). The summed E-state index contributed by atoms with van der Waals surface area (Å²) in [6, 6.07) is 17.4. The first-order chi connectivity index (χ1) is 15.2. The average Bonchev–Trinajstić information content (AvgIpc) is 3.26. The van der Waals surface area contributed by atoms with Gasteiger partial charge in [-0.3, -0.25) is 4.79 Å². The van der Waals surface area contributed by atoms with Crippen LogP contribution in [-0.4, -0.2) is 60.0 Å². The van der Waals surface area contributed by atoms with E-state index in [2.05, 4.69) is 32.4 Å². The highest BCUT2D eigenvalue weighted by Gasteiger charge is 2.14. The molecule has 3 aromatic rings. The lowest BCUT2D eigenvalue weighted by atomic mass is 10.2. The summed E-state index contributed by atoms with van der Waals surface area (Å²) in [5.41, 5.74) is 1.95. The van der Waals surface area contributed by atoms with Crippen molar-refractivity contribution in [2.24, 2.45) is 0 Å². The molecule has 9 heteroatoms. The normalized spacial score (nSPS) is 14.4. The molecule has 31 heavy (non-hydrogen) atoms. The second kappa shape index (κ2) is 10.3. The largest absolute Gasteiger partial charge is 0.484 e. The second-order valence-electron chi connectivity index (χ2n) is 7.24. The zero-order chi connectivity index (χ0) is 21.5. The number of likely N-dealkylation sites (N-methyl/N-ethyl adjacent to an activating group) is 1. The number of anilines is 2. The van der Waals surface area contributed by atoms with Crippen molar-refractivity contribution in [3.05, 3.63) is 60.5 Å². The number of hydrogen-bond acceptors (Lipinski definition) is 8. The number of nitrogens with zero attached hydrogens (tertiary/aromatic N) is 4. The van der Waals surface area contributed by atoms with E-state index in [1.807, 2.05) is 54.6 Å². The van der Waals surface area contributed by atoms with Crippen LogP contribution in [0.4, 0.5) is 11.4 Å². The molecule has 0 atom stereocenters. The highest BCUT2D eigenvalue weighted by molar-refractivity contribution is 7.99. The van der Waals surface area contributed by atoms with Gasteiger partial charge in [0.05, 0.1) is 5.75 Å². The Morgan fingerprint density at radius 1 is 1.06 bits per heavy atom. The van der Waals surface area contributed by atoms with Crippen molar-refractivity contribution in [3.8, 4) is 5.75 Å². The minimum atomic E-state index is -0.127. The van der Waals surface area contributed by atoms with Gasteiger partial charge in [-0.25, -0.2) is 0 Å². The van der Waals surface area contributed by atoms with Crippen LogP contribution in [0, 0.1) is 0 Å². The van der Waals surface area contributed by atoms with Crippen LogP contribution in [-0.2, 0) is 11.4 Å². The van der Waals surface area contributed by atoms with Gasteiger partial charge < -0.3 is 24.3 Å².